The van der Waals surface area contributed by atoms with Crippen molar-refractivity contribution in [3.05, 3.63) is 45.7 Å². The van der Waals surface area contributed by atoms with Gasteiger partial charge in [-0.3, -0.25) is 4.79 Å². The maximum absolute atomic E-state index is 12.7. The van der Waals surface area contributed by atoms with Crippen LogP contribution in [0.2, 0.25) is 0 Å². The van der Waals surface area contributed by atoms with Crippen LogP contribution in [0.25, 0.3) is 10.9 Å². The Bertz CT molecular complexity index is 713. The molecule has 1 saturated carbocycles. The fourth-order valence-electron chi connectivity index (χ4n) is 4.36. The second-order valence-corrected chi connectivity index (χ2v) is 6.11. The van der Waals surface area contributed by atoms with Gasteiger partial charge < -0.3 is 4.57 Å². The third-order valence-corrected chi connectivity index (χ3v) is 5.23. The van der Waals surface area contributed by atoms with Crippen LogP contribution in [0.1, 0.15) is 42.9 Å². The number of rotatable bonds is 0. The molecule has 0 saturated heterocycles. The van der Waals surface area contributed by atoms with Crippen LogP contribution in [0.4, 0.5) is 0 Å². The first-order valence-corrected chi connectivity index (χ1v) is 7.38. The highest BCUT2D eigenvalue weighted by atomic mass is 16.1. The molecule has 98 valence electrons. The molecular formula is C17H19NO. The van der Waals surface area contributed by atoms with Gasteiger partial charge in [-0.15, -0.1) is 0 Å². The molecule has 1 heterocycles. The van der Waals surface area contributed by atoms with Crippen LogP contribution >= 0.6 is 0 Å². The molecule has 19 heavy (non-hydrogen) atoms. The van der Waals surface area contributed by atoms with Crippen molar-refractivity contribution in [3.8, 4) is 0 Å². The van der Waals surface area contributed by atoms with Gasteiger partial charge in [-0.05, 0) is 43.7 Å². The van der Waals surface area contributed by atoms with Crippen LogP contribution in [0.3, 0.4) is 0 Å². The minimum Gasteiger partial charge on any atom is -0.347 e. The molecule has 2 unspecified atom stereocenters. The standard InChI is InChI=1S/C17H19NO/c1-18-15-8-3-2-6-13(15)17(19)14-10-9-11-5-4-7-12(11)16(14)18/h2-3,6,8,11-12H,4-5,7,9-10H2,1H3. The lowest BCUT2D eigenvalue weighted by Gasteiger charge is -2.30. The van der Waals surface area contributed by atoms with Crippen molar-refractivity contribution in [1.82, 2.24) is 4.57 Å². The molecule has 2 aromatic rings. The molecule has 2 heteroatoms. The molecule has 1 aromatic heterocycles. The number of nitrogens with zero attached hydrogens (tertiary/aromatic N) is 1. The zero-order chi connectivity index (χ0) is 13.0. The smallest absolute Gasteiger partial charge is 0.192 e. The molecular weight excluding hydrogens is 234 g/mol. The average Bonchev–Trinajstić information content (AvgIpc) is 2.92. The van der Waals surface area contributed by atoms with E-state index in [0.29, 0.717) is 5.92 Å². The summed E-state index contributed by atoms with van der Waals surface area (Å²) < 4.78 is 2.30. The van der Waals surface area contributed by atoms with E-state index in [1.54, 1.807) is 0 Å². The Morgan fingerprint density at radius 2 is 2.00 bits per heavy atom. The molecule has 0 N–H and O–H groups in total. The maximum Gasteiger partial charge on any atom is 0.192 e. The van der Waals surface area contributed by atoms with Crippen LogP contribution in [0.15, 0.2) is 29.1 Å². The monoisotopic (exact) mass is 253 g/mol. The van der Waals surface area contributed by atoms with E-state index in [1.807, 2.05) is 18.2 Å². The molecule has 4 rings (SSSR count). The summed E-state index contributed by atoms with van der Waals surface area (Å²) in [4.78, 5) is 12.7. The summed E-state index contributed by atoms with van der Waals surface area (Å²) in [6.07, 6.45) is 6.14. The number of para-hydroxylation sites is 1. The number of aromatic nitrogens is 1. The van der Waals surface area contributed by atoms with Gasteiger partial charge in [-0.2, -0.15) is 0 Å². The van der Waals surface area contributed by atoms with Crippen LogP contribution in [0, 0.1) is 5.92 Å². The highest BCUT2D eigenvalue weighted by Gasteiger charge is 2.36. The summed E-state index contributed by atoms with van der Waals surface area (Å²) in [5.74, 6) is 1.45. The van der Waals surface area contributed by atoms with Crippen LogP contribution in [-0.2, 0) is 13.5 Å². The van der Waals surface area contributed by atoms with E-state index in [-0.39, 0.29) is 5.43 Å². The molecule has 0 amide bonds. The summed E-state index contributed by atoms with van der Waals surface area (Å²) in [5, 5.41) is 0.889. The van der Waals surface area contributed by atoms with Crippen LogP contribution < -0.4 is 5.43 Å². The van der Waals surface area contributed by atoms with Crippen molar-refractivity contribution >= 4 is 10.9 Å². The lowest BCUT2D eigenvalue weighted by Crippen LogP contribution is -2.27. The minimum atomic E-state index is 0.286. The van der Waals surface area contributed by atoms with Crippen molar-refractivity contribution in [3.63, 3.8) is 0 Å². The van der Waals surface area contributed by atoms with Gasteiger partial charge in [-0.25, -0.2) is 0 Å². The van der Waals surface area contributed by atoms with Gasteiger partial charge in [0, 0.05) is 29.6 Å². The molecule has 0 radical (unpaired) electrons. The van der Waals surface area contributed by atoms with E-state index < -0.39 is 0 Å². The number of benzene rings is 1. The Morgan fingerprint density at radius 3 is 2.89 bits per heavy atom. The number of pyridine rings is 1. The first-order chi connectivity index (χ1) is 9.27. The molecule has 2 atom stereocenters. The van der Waals surface area contributed by atoms with Crippen molar-refractivity contribution in [2.45, 2.75) is 38.0 Å². The van der Waals surface area contributed by atoms with E-state index >= 15 is 0 Å². The summed E-state index contributed by atoms with van der Waals surface area (Å²) in [7, 11) is 2.14. The van der Waals surface area contributed by atoms with Gasteiger partial charge in [0.05, 0.1) is 5.52 Å². The van der Waals surface area contributed by atoms with Gasteiger partial charge in [-0.1, -0.05) is 18.6 Å². The molecule has 2 nitrogen and oxygen atoms in total. The third kappa shape index (κ3) is 1.46. The Morgan fingerprint density at radius 1 is 1.16 bits per heavy atom. The SMILES string of the molecule is Cn1c2c(c(=O)c3ccccc31)CCC1CCCC21. The second kappa shape index (κ2) is 3.96. The van der Waals surface area contributed by atoms with E-state index in [4.69, 9.17) is 0 Å². The lowest BCUT2D eigenvalue weighted by molar-refractivity contribution is 0.404. The van der Waals surface area contributed by atoms with E-state index in [9.17, 15) is 4.79 Å². The molecule has 2 aliphatic rings. The Kier molecular flexibility index (Phi) is 2.35. The predicted octanol–water partition coefficient (Wildman–Crippen LogP) is 3.37. The zero-order valence-electron chi connectivity index (χ0n) is 11.4. The normalized spacial score (nSPS) is 25.3. The fourth-order valence-corrected chi connectivity index (χ4v) is 4.36. The Balaban J connectivity index is 2.09. The summed E-state index contributed by atoms with van der Waals surface area (Å²) >= 11 is 0. The minimum absolute atomic E-state index is 0.286. The third-order valence-electron chi connectivity index (χ3n) is 5.23. The van der Waals surface area contributed by atoms with Crippen molar-refractivity contribution < 1.29 is 0 Å². The van der Waals surface area contributed by atoms with Crippen LogP contribution in [0.5, 0.6) is 0 Å². The quantitative estimate of drug-likeness (QED) is 0.705. The zero-order valence-corrected chi connectivity index (χ0v) is 11.4. The Labute approximate surface area is 113 Å². The molecule has 1 fully saturated rings. The number of aryl methyl sites for hydroxylation is 1. The van der Waals surface area contributed by atoms with Gasteiger partial charge in [0.25, 0.3) is 0 Å². The first-order valence-electron chi connectivity index (χ1n) is 7.38. The van der Waals surface area contributed by atoms with E-state index in [0.717, 1.165) is 28.8 Å². The fraction of sp³-hybridized carbons (Fsp3) is 0.471. The summed E-state index contributed by atoms with van der Waals surface area (Å²) in [6, 6.07) is 8.05. The van der Waals surface area contributed by atoms with Crippen LogP contribution in [-0.4, -0.2) is 4.57 Å². The average molecular weight is 253 g/mol. The van der Waals surface area contributed by atoms with Crippen molar-refractivity contribution in [1.29, 1.82) is 0 Å². The number of fused-ring (bicyclic) bond motifs is 4. The molecule has 0 aliphatic heterocycles. The van der Waals surface area contributed by atoms with E-state index in [2.05, 4.69) is 17.7 Å². The van der Waals surface area contributed by atoms with Gasteiger partial charge >= 0.3 is 0 Å². The van der Waals surface area contributed by atoms with Gasteiger partial charge in [0.2, 0.25) is 0 Å². The lowest BCUT2D eigenvalue weighted by atomic mass is 9.79. The largest absolute Gasteiger partial charge is 0.347 e. The molecule has 1 aromatic carbocycles. The summed E-state index contributed by atoms with van der Waals surface area (Å²) in [6.45, 7) is 0. The van der Waals surface area contributed by atoms with Crippen molar-refractivity contribution in [2.75, 3.05) is 0 Å². The second-order valence-electron chi connectivity index (χ2n) is 6.11. The highest BCUT2D eigenvalue weighted by Crippen LogP contribution is 2.46. The first kappa shape index (κ1) is 11.3. The van der Waals surface area contributed by atoms with Gasteiger partial charge in [0.1, 0.15) is 0 Å². The summed E-state index contributed by atoms with van der Waals surface area (Å²) in [5.41, 5.74) is 3.83. The molecule has 0 spiro atoms. The number of hydrogen-bond acceptors (Lipinski definition) is 1. The maximum atomic E-state index is 12.7. The van der Waals surface area contributed by atoms with Crippen molar-refractivity contribution in [2.24, 2.45) is 13.0 Å². The van der Waals surface area contributed by atoms with Gasteiger partial charge in [0.15, 0.2) is 5.43 Å². The Hall–Kier alpha value is -1.57. The van der Waals surface area contributed by atoms with E-state index in [1.165, 1.54) is 31.4 Å². The topological polar surface area (TPSA) is 22.0 Å². The molecule has 2 aliphatic carbocycles. The predicted molar refractivity (Wildman–Crippen MR) is 77.6 cm³/mol. The number of hydrogen-bond donors (Lipinski definition) is 0. The highest BCUT2D eigenvalue weighted by molar-refractivity contribution is 5.80. The molecule has 0 bridgehead atoms.